The number of tetrazole rings is 1. The fraction of sp³-hybridized carbons (Fsp3) is 0.500. The zero-order chi connectivity index (χ0) is 21.6. The zero-order valence-corrected chi connectivity index (χ0v) is 18.2. The SMILES string of the molecule is CCN(CC1CCN(CCc2ccccc2C)CC1)C(=O)c1cn[nH]c1-n1cnnn1. The Morgan fingerprint density at radius 1 is 1.26 bits per heavy atom. The van der Waals surface area contributed by atoms with Gasteiger partial charge in [-0.2, -0.15) is 9.78 Å². The molecule has 31 heavy (non-hydrogen) atoms. The average molecular weight is 423 g/mol. The van der Waals surface area contributed by atoms with Crippen molar-refractivity contribution in [2.45, 2.75) is 33.1 Å². The average Bonchev–Trinajstić information content (AvgIpc) is 3.49. The van der Waals surface area contributed by atoms with Crippen molar-refractivity contribution in [2.24, 2.45) is 5.92 Å². The zero-order valence-electron chi connectivity index (χ0n) is 18.2. The number of nitrogens with one attached hydrogen (secondary N) is 1. The highest BCUT2D eigenvalue weighted by atomic mass is 16.2. The Morgan fingerprint density at radius 2 is 2.06 bits per heavy atom. The van der Waals surface area contributed by atoms with Crippen LogP contribution in [0.4, 0.5) is 0 Å². The summed E-state index contributed by atoms with van der Waals surface area (Å²) in [7, 11) is 0. The fourth-order valence-corrected chi connectivity index (χ4v) is 4.27. The van der Waals surface area contributed by atoms with E-state index in [0.717, 1.165) is 45.4 Å². The minimum Gasteiger partial charge on any atom is -0.338 e. The van der Waals surface area contributed by atoms with Gasteiger partial charge < -0.3 is 9.80 Å². The van der Waals surface area contributed by atoms with E-state index in [4.69, 9.17) is 0 Å². The van der Waals surface area contributed by atoms with Crippen LogP contribution in [0, 0.1) is 12.8 Å². The summed E-state index contributed by atoms with van der Waals surface area (Å²) in [5.41, 5.74) is 3.30. The third kappa shape index (κ3) is 4.99. The maximum Gasteiger partial charge on any atom is 0.259 e. The summed E-state index contributed by atoms with van der Waals surface area (Å²) in [6.07, 6.45) is 6.33. The molecule has 1 aromatic carbocycles. The van der Waals surface area contributed by atoms with E-state index in [0.29, 0.717) is 23.8 Å². The number of aromatic nitrogens is 6. The van der Waals surface area contributed by atoms with Crippen molar-refractivity contribution in [3.8, 4) is 5.82 Å². The first-order valence-electron chi connectivity index (χ1n) is 11.0. The van der Waals surface area contributed by atoms with Crippen LogP contribution >= 0.6 is 0 Å². The largest absolute Gasteiger partial charge is 0.338 e. The molecule has 1 aliphatic rings. The number of H-pyrrole nitrogens is 1. The van der Waals surface area contributed by atoms with Gasteiger partial charge in [0.15, 0.2) is 5.82 Å². The smallest absolute Gasteiger partial charge is 0.259 e. The highest BCUT2D eigenvalue weighted by molar-refractivity contribution is 5.96. The van der Waals surface area contributed by atoms with E-state index in [-0.39, 0.29) is 5.91 Å². The quantitative estimate of drug-likeness (QED) is 0.597. The molecule has 164 valence electrons. The topological polar surface area (TPSA) is 95.8 Å². The Bertz CT molecular complexity index is 975. The van der Waals surface area contributed by atoms with Crippen LogP contribution in [0.2, 0.25) is 0 Å². The molecule has 1 aliphatic heterocycles. The van der Waals surface area contributed by atoms with Crippen LogP contribution < -0.4 is 0 Å². The lowest BCUT2D eigenvalue weighted by atomic mass is 9.95. The van der Waals surface area contributed by atoms with E-state index in [9.17, 15) is 4.79 Å². The molecule has 0 unspecified atom stereocenters. The maximum atomic E-state index is 13.2. The van der Waals surface area contributed by atoms with Crippen LogP contribution in [-0.4, -0.2) is 78.8 Å². The van der Waals surface area contributed by atoms with Gasteiger partial charge in [0.2, 0.25) is 0 Å². The second kappa shape index (κ2) is 9.82. The van der Waals surface area contributed by atoms with Gasteiger partial charge in [0.25, 0.3) is 5.91 Å². The Morgan fingerprint density at radius 3 is 2.77 bits per heavy atom. The molecule has 4 rings (SSSR count). The van der Waals surface area contributed by atoms with Gasteiger partial charge in [-0.15, -0.1) is 5.10 Å². The molecule has 9 heteroatoms. The number of rotatable bonds is 8. The number of aryl methyl sites for hydroxylation is 1. The molecular weight excluding hydrogens is 392 g/mol. The Hall–Kier alpha value is -3.07. The molecule has 1 amide bonds. The van der Waals surface area contributed by atoms with Gasteiger partial charge in [-0.25, -0.2) is 0 Å². The van der Waals surface area contributed by atoms with E-state index in [1.54, 1.807) is 6.20 Å². The molecule has 0 radical (unpaired) electrons. The first kappa shape index (κ1) is 21.2. The van der Waals surface area contributed by atoms with Crippen molar-refractivity contribution in [3.63, 3.8) is 0 Å². The third-order valence-electron chi connectivity index (χ3n) is 6.24. The van der Waals surface area contributed by atoms with E-state index in [2.05, 4.69) is 61.8 Å². The van der Waals surface area contributed by atoms with Crippen molar-refractivity contribution in [1.29, 1.82) is 0 Å². The number of hydrogen-bond donors (Lipinski definition) is 1. The molecule has 1 saturated heterocycles. The van der Waals surface area contributed by atoms with Crippen LogP contribution in [0.25, 0.3) is 5.82 Å². The van der Waals surface area contributed by atoms with Gasteiger partial charge in [-0.3, -0.25) is 9.89 Å². The minimum absolute atomic E-state index is 0.0382. The first-order valence-corrected chi connectivity index (χ1v) is 11.0. The molecule has 1 fully saturated rings. The Labute approximate surface area is 182 Å². The van der Waals surface area contributed by atoms with Crippen LogP contribution in [0.3, 0.4) is 0 Å². The molecule has 0 aliphatic carbocycles. The number of carbonyl (C=O) groups is 1. The molecule has 3 heterocycles. The molecule has 3 aromatic rings. The lowest BCUT2D eigenvalue weighted by Crippen LogP contribution is -2.41. The molecule has 2 aromatic heterocycles. The number of amides is 1. The van der Waals surface area contributed by atoms with E-state index in [1.807, 2.05) is 11.8 Å². The number of hydrogen-bond acceptors (Lipinski definition) is 6. The summed E-state index contributed by atoms with van der Waals surface area (Å²) in [6.45, 7) is 8.90. The standard InChI is InChI=1S/C22H30N8O/c1-3-29(22(31)20-14-23-25-21(20)30-16-24-26-27-30)15-18-8-11-28(12-9-18)13-10-19-7-5-4-6-17(19)2/h4-7,14,16,18H,3,8-13,15H2,1-2H3,(H,23,25). The molecule has 0 atom stereocenters. The lowest BCUT2D eigenvalue weighted by molar-refractivity contribution is 0.0701. The van der Waals surface area contributed by atoms with Gasteiger partial charge in [0.05, 0.1) is 6.20 Å². The number of piperidine rings is 1. The predicted octanol–water partition coefficient (Wildman–Crippen LogP) is 2.11. The van der Waals surface area contributed by atoms with Crippen molar-refractivity contribution >= 4 is 5.91 Å². The molecule has 0 bridgehead atoms. The fourth-order valence-electron chi connectivity index (χ4n) is 4.27. The summed E-state index contributed by atoms with van der Waals surface area (Å²) in [5.74, 6) is 0.977. The van der Waals surface area contributed by atoms with Gasteiger partial charge >= 0.3 is 0 Å². The molecule has 0 spiro atoms. The molecular formula is C22H30N8O. The highest BCUT2D eigenvalue weighted by Gasteiger charge is 2.26. The minimum atomic E-state index is -0.0382. The van der Waals surface area contributed by atoms with Gasteiger partial charge in [-0.1, -0.05) is 24.3 Å². The Kier molecular flexibility index (Phi) is 6.71. The number of carbonyl (C=O) groups excluding carboxylic acids is 1. The van der Waals surface area contributed by atoms with E-state index >= 15 is 0 Å². The van der Waals surface area contributed by atoms with Crippen molar-refractivity contribution < 1.29 is 4.79 Å². The first-order chi connectivity index (χ1) is 15.2. The number of aromatic amines is 1. The second-order valence-electron chi connectivity index (χ2n) is 8.19. The predicted molar refractivity (Wildman–Crippen MR) is 117 cm³/mol. The second-order valence-corrected chi connectivity index (χ2v) is 8.19. The summed E-state index contributed by atoms with van der Waals surface area (Å²) in [4.78, 5) is 17.6. The number of likely N-dealkylation sites (tertiary alicyclic amines) is 1. The van der Waals surface area contributed by atoms with Gasteiger partial charge in [0.1, 0.15) is 11.9 Å². The molecule has 1 N–H and O–H groups in total. The van der Waals surface area contributed by atoms with Crippen molar-refractivity contribution in [3.05, 3.63) is 53.5 Å². The normalized spacial score (nSPS) is 15.3. The molecule has 0 saturated carbocycles. The Balaban J connectivity index is 1.30. The molecule has 9 nitrogen and oxygen atoms in total. The number of nitrogens with zero attached hydrogens (tertiary/aromatic N) is 7. The summed E-state index contributed by atoms with van der Waals surface area (Å²) in [6, 6.07) is 8.63. The van der Waals surface area contributed by atoms with Crippen LogP contribution in [0.15, 0.2) is 36.8 Å². The van der Waals surface area contributed by atoms with E-state index < -0.39 is 0 Å². The highest BCUT2D eigenvalue weighted by Crippen LogP contribution is 2.21. The van der Waals surface area contributed by atoms with Gasteiger partial charge in [0, 0.05) is 19.6 Å². The monoisotopic (exact) mass is 422 g/mol. The van der Waals surface area contributed by atoms with Crippen LogP contribution in [0.5, 0.6) is 0 Å². The third-order valence-corrected chi connectivity index (χ3v) is 6.24. The van der Waals surface area contributed by atoms with Crippen molar-refractivity contribution in [1.82, 2.24) is 40.2 Å². The number of benzene rings is 1. The van der Waals surface area contributed by atoms with Crippen LogP contribution in [0.1, 0.15) is 41.3 Å². The van der Waals surface area contributed by atoms with Crippen LogP contribution in [-0.2, 0) is 6.42 Å². The van der Waals surface area contributed by atoms with Crippen molar-refractivity contribution in [2.75, 3.05) is 32.7 Å². The maximum absolute atomic E-state index is 13.2. The summed E-state index contributed by atoms with van der Waals surface area (Å²) in [5, 5.41) is 18.0. The summed E-state index contributed by atoms with van der Waals surface area (Å²) < 4.78 is 1.43. The van der Waals surface area contributed by atoms with Gasteiger partial charge in [-0.05, 0) is 73.7 Å². The summed E-state index contributed by atoms with van der Waals surface area (Å²) >= 11 is 0. The van der Waals surface area contributed by atoms with E-state index in [1.165, 1.54) is 22.1 Å². The lowest BCUT2D eigenvalue weighted by Gasteiger charge is -2.34.